The maximum Gasteiger partial charge on any atom is 0.179 e. The minimum Gasteiger partial charge on any atom is -0.509 e. The van der Waals surface area contributed by atoms with Gasteiger partial charge in [-0.2, -0.15) is 12.1 Å². The number of fused-ring (bicyclic) bond motifs is 4. The van der Waals surface area contributed by atoms with E-state index in [1.54, 1.807) is 6.20 Å². The Hall–Kier alpha value is -7.76. The van der Waals surface area contributed by atoms with Crippen molar-refractivity contribution in [2.24, 2.45) is 0 Å². The summed E-state index contributed by atoms with van der Waals surface area (Å²) < 4.78 is 52.8. The summed E-state index contributed by atoms with van der Waals surface area (Å²) in [6.45, 7) is 28.8. The summed E-state index contributed by atoms with van der Waals surface area (Å²) in [5, 5.41) is 6.91. The molecule has 0 spiro atoms. The van der Waals surface area contributed by atoms with Crippen LogP contribution in [0.25, 0.3) is 38.8 Å². The average Bonchev–Trinajstić information content (AvgIpc) is 1.33. The second-order valence-electron chi connectivity index (χ2n) is 25.9. The molecule has 0 saturated heterocycles. The molecule has 1 aliphatic rings. The zero-order chi connectivity index (χ0) is 61.7. The third kappa shape index (κ3) is 10.7. The van der Waals surface area contributed by atoms with Gasteiger partial charge in [0.05, 0.1) is 6.85 Å². The topological polar surface area (TPSA) is 33.5 Å². The molecule has 12 rings (SSSR count). The standard InChI is InChI=1S/C76H73N4OSi.Pt/c1-73(2,3)53-36-40-69-71(45-53)79(57-43-54(74(4,5)6)42-55(44-57)75(7,8)9)51-78(69)56-28-25-29-58(46-56)81-59-37-39-64-65-48-63(82(60-30-19-14-20-31-60,61-32-21-15-22-33-61)62-34-23-16-24-35-62)38-41-68(65)80(70(64)47-59)72-49-67(76(10,11)12)66(50-77-72)52-26-17-13-18-27-52;/h13-45,48-51H,1-12H3;/q-3;/i13D,17D,18D,26D,27D;. The van der Waals surface area contributed by atoms with E-state index in [2.05, 4.69) is 274 Å². The van der Waals surface area contributed by atoms with E-state index in [1.807, 2.05) is 24.3 Å². The van der Waals surface area contributed by atoms with Gasteiger partial charge in [-0.25, -0.2) is 4.98 Å². The van der Waals surface area contributed by atoms with Crippen molar-refractivity contribution in [3.05, 3.63) is 259 Å². The van der Waals surface area contributed by atoms with Crippen LogP contribution in [0.1, 0.15) is 112 Å². The maximum atomic E-state index is 9.04. The van der Waals surface area contributed by atoms with E-state index in [0.29, 0.717) is 22.9 Å². The molecule has 0 amide bonds. The Morgan fingerprint density at radius 1 is 0.494 bits per heavy atom. The van der Waals surface area contributed by atoms with Crippen LogP contribution in [-0.4, -0.2) is 17.6 Å². The van der Waals surface area contributed by atoms with E-state index in [1.165, 1.54) is 37.4 Å². The van der Waals surface area contributed by atoms with Crippen molar-refractivity contribution in [1.82, 2.24) is 9.55 Å². The molecule has 2 aromatic heterocycles. The van der Waals surface area contributed by atoms with Gasteiger partial charge < -0.3 is 19.1 Å². The van der Waals surface area contributed by atoms with E-state index < -0.39 is 31.6 Å². The van der Waals surface area contributed by atoms with Crippen molar-refractivity contribution < 1.29 is 32.7 Å². The van der Waals surface area contributed by atoms with E-state index >= 15 is 0 Å². The fraction of sp³-hybridized carbons (Fsp3) is 0.211. The second kappa shape index (κ2) is 21.8. The first-order valence-electron chi connectivity index (χ1n) is 30.9. The molecule has 3 heterocycles. The molecule has 0 fully saturated rings. The molecular formula is C76H73N4OPtSi-3. The molecule has 1 aliphatic heterocycles. The Bertz CT molecular complexity index is 4310. The van der Waals surface area contributed by atoms with Crippen LogP contribution in [0.4, 0.5) is 22.7 Å². The van der Waals surface area contributed by atoms with Crippen LogP contribution in [-0.2, 0) is 42.7 Å². The largest absolute Gasteiger partial charge is 0.509 e. The van der Waals surface area contributed by atoms with Crippen LogP contribution >= 0.6 is 0 Å². The van der Waals surface area contributed by atoms with Crippen molar-refractivity contribution in [3.8, 4) is 28.4 Å². The molecule has 0 unspecified atom stereocenters. The average molecular weight is 1290 g/mol. The van der Waals surface area contributed by atoms with Crippen molar-refractivity contribution in [2.45, 2.75) is 105 Å². The summed E-state index contributed by atoms with van der Waals surface area (Å²) in [7, 11) is -2.99. The molecule has 5 nitrogen and oxygen atoms in total. The molecule has 83 heavy (non-hydrogen) atoms. The smallest absolute Gasteiger partial charge is 0.179 e. The molecule has 9 aromatic carbocycles. The third-order valence-corrected chi connectivity index (χ3v) is 20.9. The predicted octanol–water partition coefficient (Wildman–Crippen LogP) is 17.2. The van der Waals surface area contributed by atoms with Gasteiger partial charge >= 0.3 is 0 Å². The molecule has 0 radical (unpaired) electrons. The number of ether oxygens (including phenoxy) is 1. The molecule has 0 bridgehead atoms. The Balaban J connectivity index is 0.00000800. The van der Waals surface area contributed by atoms with Gasteiger partial charge in [0.2, 0.25) is 0 Å². The minimum absolute atomic E-state index is 0. The zero-order valence-corrected chi connectivity index (χ0v) is 52.8. The van der Waals surface area contributed by atoms with E-state index in [-0.39, 0.29) is 55.0 Å². The Morgan fingerprint density at radius 2 is 1.08 bits per heavy atom. The second-order valence-corrected chi connectivity index (χ2v) is 29.7. The summed E-state index contributed by atoms with van der Waals surface area (Å²) >= 11 is 0. The number of pyridine rings is 1. The number of benzene rings is 9. The van der Waals surface area contributed by atoms with Crippen molar-refractivity contribution in [2.75, 3.05) is 9.80 Å². The summed E-state index contributed by atoms with van der Waals surface area (Å²) in [6, 6.07) is 71.1. The van der Waals surface area contributed by atoms with Gasteiger partial charge in [-0.05, 0) is 112 Å². The predicted molar refractivity (Wildman–Crippen MR) is 348 cm³/mol. The number of nitrogens with zero attached hydrogens (tertiary/aromatic N) is 4. The Kier molecular flexibility index (Phi) is 13.4. The third-order valence-electron chi connectivity index (χ3n) is 16.2. The number of hydrogen-bond donors (Lipinski definition) is 0. The van der Waals surface area contributed by atoms with Gasteiger partial charge in [-0.3, -0.25) is 0 Å². The van der Waals surface area contributed by atoms with Crippen LogP contribution in [0.5, 0.6) is 11.5 Å². The maximum absolute atomic E-state index is 9.04. The van der Waals surface area contributed by atoms with E-state index in [0.717, 1.165) is 50.1 Å². The first-order valence-corrected chi connectivity index (χ1v) is 30.4. The summed E-state index contributed by atoms with van der Waals surface area (Å²) in [6.07, 6.45) is 1.66. The summed E-state index contributed by atoms with van der Waals surface area (Å²) in [5.41, 5.74) is 10.0. The summed E-state index contributed by atoms with van der Waals surface area (Å²) in [4.78, 5) is 9.70. The molecule has 0 aliphatic carbocycles. The van der Waals surface area contributed by atoms with Gasteiger partial charge in [-0.15, -0.1) is 48.1 Å². The van der Waals surface area contributed by atoms with Crippen LogP contribution < -0.4 is 35.3 Å². The van der Waals surface area contributed by atoms with Gasteiger partial charge in [0.25, 0.3) is 0 Å². The van der Waals surface area contributed by atoms with Crippen LogP contribution in [0.3, 0.4) is 0 Å². The SMILES string of the molecule is [2H]c1c([2H])c([2H])c(-c2cnc(-n3c4[c-]c(Oc5[c-]c(N6[CH-]N(c7cc(C(C)(C)C)cc(C(C)(C)C)c7)c7cc(C(C)(C)C)ccc76)ccc5)ccc4c4cc([Si](c5ccccc5)(c5ccccc5)c5ccccc5)ccc43)cc2C(C)(C)C)c([2H])c1[2H].[Pt]. The number of rotatable bonds is 10. The van der Waals surface area contributed by atoms with Crippen LogP contribution in [0.2, 0.25) is 0 Å². The quantitative estimate of drug-likeness (QED) is 0.0776. The van der Waals surface area contributed by atoms with Gasteiger partial charge in [0, 0.05) is 66.9 Å². The minimum atomic E-state index is -2.99. The number of aromatic nitrogens is 2. The number of hydrogen-bond acceptors (Lipinski definition) is 4. The van der Waals surface area contributed by atoms with E-state index in [9.17, 15) is 0 Å². The fourth-order valence-corrected chi connectivity index (χ4v) is 16.5. The number of anilines is 4. The van der Waals surface area contributed by atoms with Gasteiger partial charge in [-0.1, -0.05) is 234 Å². The molecule has 0 saturated carbocycles. The zero-order valence-electron chi connectivity index (χ0n) is 54.5. The molecule has 11 aromatic rings. The summed E-state index contributed by atoms with van der Waals surface area (Å²) in [5.74, 6) is 1.57. The van der Waals surface area contributed by atoms with Crippen molar-refractivity contribution >= 4 is 73.4 Å². The van der Waals surface area contributed by atoms with Crippen LogP contribution in [0, 0.1) is 18.8 Å². The first-order chi connectivity index (χ1) is 41.2. The van der Waals surface area contributed by atoms with Crippen LogP contribution in [0.15, 0.2) is 218 Å². The van der Waals surface area contributed by atoms with Crippen molar-refractivity contribution in [3.63, 3.8) is 0 Å². The first kappa shape index (κ1) is 50.9. The molecule has 0 N–H and O–H groups in total. The monoisotopic (exact) mass is 1290 g/mol. The Labute approximate surface area is 515 Å². The van der Waals surface area contributed by atoms with Crippen molar-refractivity contribution in [1.29, 1.82) is 0 Å². The molecule has 7 heteroatoms. The van der Waals surface area contributed by atoms with Gasteiger partial charge in [0.15, 0.2) is 8.07 Å². The molecule has 0 atom stereocenters. The van der Waals surface area contributed by atoms with E-state index in [4.69, 9.17) is 16.6 Å². The Morgan fingerprint density at radius 3 is 1.66 bits per heavy atom. The molecule has 420 valence electrons. The molecular weight excluding hydrogens is 1210 g/mol. The van der Waals surface area contributed by atoms with Gasteiger partial charge in [0.1, 0.15) is 5.82 Å². The normalized spacial score (nSPS) is 14.0. The fourth-order valence-electron chi connectivity index (χ4n) is 11.7.